The maximum atomic E-state index is 13.8. The summed E-state index contributed by atoms with van der Waals surface area (Å²) in [7, 11) is 0. The van der Waals surface area contributed by atoms with Crippen LogP contribution in [0.4, 0.5) is 18.9 Å². The van der Waals surface area contributed by atoms with Gasteiger partial charge in [-0.1, -0.05) is 18.2 Å². The highest BCUT2D eigenvalue weighted by molar-refractivity contribution is 7.80. The first kappa shape index (κ1) is 17.7. The normalized spacial score (nSPS) is 15.2. The topological polar surface area (TPSA) is 18.5 Å². The maximum Gasteiger partial charge on any atom is 0.174 e. The van der Waals surface area contributed by atoms with Crippen molar-refractivity contribution in [1.82, 2.24) is 9.80 Å². The second-order valence-electron chi connectivity index (χ2n) is 5.99. The standard InChI is InChI=1S/C18H18F3N3S/c19-14-8-15(20)10-16(9-14)22-18(25)24-7-3-6-23(12-24)11-13-4-1-2-5-17(13)21/h1-2,4-5,8-10H,3,6-7,11-12H2,(H,22,25). The van der Waals surface area contributed by atoms with Gasteiger partial charge in [0.2, 0.25) is 0 Å². The smallest absolute Gasteiger partial charge is 0.174 e. The second kappa shape index (κ2) is 7.84. The predicted octanol–water partition coefficient (Wildman–Crippen LogP) is 3.97. The quantitative estimate of drug-likeness (QED) is 0.830. The molecule has 1 heterocycles. The Morgan fingerprint density at radius 3 is 2.48 bits per heavy atom. The van der Waals surface area contributed by atoms with E-state index in [1.807, 2.05) is 11.0 Å². The van der Waals surface area contributed by atoms with Crippen LogP contribution in [0, 0.1) is 17.5 Å². The van der Waals surface area contributed by atoms with Gasteiger partial charge >= 0.3 is 0 Å². The molecule has 3 rings (SSSR count). The number of benzene rings is 2. The van der Waals surface area contributed by atoms with Crippen LogP contribution in [0.5, 0.6) is 0 Å². The van der Waals surface area contributed by atoms with Crippen LogP contribution in [0.2, 0.25) is 0 Å². The first-order chi connectivity index (χ1) is 12.0. The maximum absolute atomic E-state index is 13.8. The average Bonchev–Trinajstić information content (AvgIpc) is 2.56. The molecular formula is C18H18F3N3S. The van der Waals surface area contributed by atoms with Gasteiger partial charge in [0.05, 0.1) is 6.67 Å². The van der Waals surface area contributed by atoms with Crippen molar-refractivity contribution in [2.24, 2.45) is 0 Å². The van der Waals surface area contributed by atoms with Crippen molar-refractivity contribution < 1.29 is 13.2 Å². The summed E-state index contributed by atoms with van der Waals surface area (Å²) in [5.74, 6) is -1.55. The molecule has 0 saturated carbocycles. The minimum absolute atomic E-state index is 0.226. The molecular weight excluding hydrogens is 347 g/mol. The van der Waals surface area contributed by atoms with Gasteiger partial charge < -0.3 is 10.2 Å². The Morgan fingerprint density at radius 2 is 1.76 bits per heavy atom. The van der Waals surface area contributed by atoms with Crippen LogP contribution in [0.3, 0.4) is 0 Å². The van der Waals surface area contributed by atoms with Crippen molar-refractivity contribution in [1.29, 1.82) is 0 Å². The van der Waals surface area contributed by atoms with Crippen LogP contribution in [0.25, 0.3) is 0 Å². The number of nitrogens with one attached hydrogen (secondary N) is 1. The van der Waals surface area contributed by atoms with Crippen LogP contribution < -0.4 is 5.32 Å². The van der Waals surface area contributed by atoms with E-state index in [-0.39, 0.29) is 11.5 Å². The zero-order valence-electron chi connectivity index (χ0n) is 13.5. The van der Waals surface area contributed by atoms with Crippen LogP contribution in [-0.2, 0) is 6.54 Å². The van der Waals surface area contributed by atoms with E-state index in [4.69, 9.17) is 12.2 Å². The van der Waals surface area contributed by atoms with Crippen molar-refractivity contribution in [2.45, 2.75) is 13.0 Å². The minimum atomic E-state index is -0.662. The first-order valence-corrected chi connectivity index (χ1v) is 8.40. The van der Waals surface area contributed by atoms with Gasteiger partial charge in [-0.25, -0.2) is 13.2 Å². The van der Waals surface area contributed by atoms with E-state index in [0.29, 0.717) is 23.9 Å². The molecule has 0 spiro atoms. The molecule has 1 fully saturated rings. The third-order valence-electron chi connectivity index (χ3n) is 4.03. The van der Waals surface area contributed by atoms with E-state index in [9.17, 15) is 13.2 Å². The van der Waals surface area contributed by atoms with Crippen molar-refractivity contribution in [2.75, 3.05) is 25.1 Å². The Balaban J connectivity index is 1.62. The van der Waals surface area contributed by atoms with Crippen molar-refractivity contribution in [3.63, 3.8) is 0 Å². The van der Waals surface area contributed by atoms with E-state index in [1.54, 1.807) is 12.1 Å². The van der Waals surface area contributed by atoms with E-state index in [1.165, 1.54) is 18.2 Å². The Hall–Kier alpha value is -2.12. The lowest BCUT2D eigenvalue weighted by Crippen LogP contribution is -2.48. The Bertz CT molecular complexity index is 749. The predicted molar refractivity (Wildman–Crippen MR) is 95.6 cm³/mol. The van der Waals surface area contributed by atoms with E-state index < -0.39 is 11.6 Å². The molecule has 1 aliphatic heterocycles. The van der Waals surface area contributed by atoms with Gasteiger partial charge in [0.1, 0.15) is 17.5 Å². The highest BCUT2D eigenvalue weighted by atomic mass is 32.1. The van der Waals surface area contributed by atoms with Gasteiger partial charge in [0.15, 0.2) is 5.11 Å². The summed E-state index contributed by atoms with van der Waals surface area (Å²) in [5, 5.41) is 3.26. The molecule has 1 saturated heterocycles. The molecule has 0 atom stereocenters. The van der Waals surface area contributed by atoms with Gasteiger partial charge in [0.25, 0.3) is 0 Å². The van der Waals surface area contributed by atoms with Gasteiger partial charge in [0, 0.05) is 37.0 Å². The number of rotatable bonds is 3. The molecule has 2 aromatic carbocycles. The highest BCUT2D eigenvalue weighted by Crippen LogP contribution is 2.17. The summed E-state index contributed by atoms with van der Waals surface area (Å²) >= 11 is 5.36. The Morgan fingerprint density at radius 1 is 1.04 bits per heavy atom. The lowest BCUT2D eigenvalue weighted by atomic mass is 10.2. The number of hydrogen-bond donors (Lipinski definition) is 1. The molecule has 0 aliphatic carbocycles. The molecule has 0 bridgehead atoms. The van der Waals surface area contributed by atoms with Crippen LogP contribution >= 0.6 is 12.2 Å². The minimum Gasteiger partial charge on any atom is -0.336 e. The number of nitrogens with zero attached hydrogens (tertiary/aromatic N) is 2. The highest BCUT2D eigenvalue weighted by Gasteiger charge is 2.20. The second-order valence-corrected chi connectivity index (χ2v) is 6.38. The Kier molecular flexibility index (Phi) is 5.55. The molecule has 0 radical (unpaired) electrons. The first-order valence-electron chi connectivity index (χ1n) is 7.99. The van der Waals surface area contributed by atoms with E-state index in [2.05, 4.69) is 10.2 Å². The summed E-state index contributed by atoms with van der Waals surface area (Å²) in [4.78, 5) is 3.99. The summed E-state index contributed by atoms with van der Waals surface area (Å²) in [6.45, 7) is 2.58. The van der Waals surface area contributed by atoms with Gasteiger partial charge in [-0.2, -0.15) is 0 Å². The molecule has 2 aromatic rings. The van der Waals surface area contributed by atoms with Crippen LogP contribution in [-0.4, -0.2) is 34.7 Å². The number of hydrogen-bond acceptors (Lipinski definition) is 2. The van der Waals surface area contributed by atoms with Crippen LogP contribution in [0.1, 0.15) is 12.0 Å². The fourth-order valence-electron chi connectivity index (χ4n) is 2.86. The molecule has 132 valence electrons. The largest absolute Gasteiger partial charge is 0.336 e. The van der Waals surface area contributed by atoms with Gasteiger partial charge in [-0.15, -0.1) is 0 Å². The molecule has 3 nitrogen and oxygen atoms in total. The summed E-state index contributed by atoms with van der Waals surface area (Å²) in [6, 6.07) is 9.88. The van der Waals surface area contributed by atoms with Gasteiger partial charge in [-0.3, -0.25) is 4.90 Å². The third kappa shape index (κ3) is 4.70. The van der Waals surface area contributed by atoms with Crippen LogP contribution in [0.15, 0.2) is 42.5 Å². The molecule has 1 aliphatic rings. The van der Waals surface area contributed by atoms with Crippen molar-refractivity contribution in [3.8, 4) is 0 Å². The Labute approximate surface area is 150 Å². The number of thiocarbonyl (C=S) groups is 1. The van der Waals surface area contributed by atoms with Crippen molar-refractivity contribution >= 4 is 23.0 Å². The fourth-order valence-corrected chi connectivity index (χ4v) is 3.13. The van der Waals surface area contributed by atoms with E-state index in [0.717, 1.165) is 25.6 Å². The average molecular weight is 365 g/mol. The molecule has 0 aromatic heterocycles. The number of halogens is 3. The third-order valence-corrected chi connectivity index (χ3v) is 4.39. The summed E-state index contributed by atoms with van der Waals surface area (Å²) in [5.41, 5.74) is 0.907. The zero-order valence-corrected chi connectivity index (χ0v) is 14.3. The number of anilines is 1. The molecule has 0 amide bonds. The molecule has 1 N–H and O–H groups in total. The lowest BCUT2D eigenvalue weighted by Gasteiger charge is -2.37. The fraction of sp³-hybridized carbons (Fsp3) is 0.278. The summed E-state index contributed by atoms with van der Waals surface area (Å²) in [6.07, 6.45) is 0.869. The molecule has 25 heavy (non-hydrogen) atoms. The lowest BCUT2D eigenvalue weighted by molar-refractivity contribution is 0.132. The zero-order chi connectivity index (χ0) is 17.8. The summed E-state index contributed by atoms with van der Waals surface area (Å²) < 4.78 is 40.4. The SMILES string of the molecule is Fc1cc(F)cc(NC(=S)N2CCCN(Cc3ccccc3F)C2)c1. The molecule has 7 heteroatoms. The molecule has 0 unspecified atom stereocenters. The van der Waals surface area contributed by atoms with Gasteiger partial charge in [-0.05, 0) is 36.8 Å². The monoisotopic (exact) mass is 365 g/mol. The van der Waals surface area contributed by atoms with E-state index >= 15 is 0 Å². The van der Waals surface area contributed by atoms with Crippen molar-refractivity contribution in [3.05, 3.63) is 65.5 Å².